The lowest BCUT2D eigenvalue weighted by Crippen LogP contribution is -2.47. The maximum Gasteiger partial charge on any atom is 0.409 e. The highest BCUT2D eigenvalue weighted by molar-refractivity contribution is 5.67. The average Bonchev–Trinajstić information content (AvgIpc) is 2.44. The normalized spacial score (nSPS) is 22.1. The van der Waals surface area contributed by atoms with Crippen molar-refractivity contribution in [1.29, 1.82) is 0 Å². The number of likely N-dealkylation sites (N-methyl/N-ethyl adjacent to an activating group) is 1. The number of alkyl halides is 1. The highest BCUT2D eigenvalue weighted by Crippen LogP contribution is 2.10. The van der Waals surface area contributed by atoms with Gasteiger partial charge in [0.25, 0.3) is 0 Å². The van der Waals surface area contributed by atoms with Gasteiger partial charge in [-0.3, -0.25) is 0 Å². The molecule has 0 aromatic rings. The summed E-state index contributed by atoms with van der Waals surface area (Å²) in [5, 5.41) is 0. The predicted octanol–water partition coefficient (Wildman–Crippen LogP) is 1.44. The molecule has 6 heteroatoms. The molecule has 0 bridgehead atoms. The Hall–Kier alpha value is -0.880. The average molecular weight is 289 g/mol. The van der Waals surface area contributed by atoms with Crippen LogP contribution in [-0.2, 0) is 4.74 Å². The van der Waals surface area contributed by atoms with E-state index < -0.39 is 6.17 Å². The maximum absolute atomic E-state index is 12.3. The van der Waals surface area contributed by atoms with Crippen LogP contribution in [0.15, 0.2) is 0 Å². The predicted molar refractivity (Wildman–Crippen MR) is 77.7 cm³/mol. The number of carbonyl (C=O) groups is 1. The number of likely N-dealkylation sites (tertiary alicyclic amines) is 1. The molecule has 0 aliphatic carbocycles. The molecule has 1 amide bonds. The number of hydrogen-bond donors (Lipinski definition) is 0. The molecular weight excluding hydrogens is 261 g/mol. The van der Waals surface area contributed by atoms with Crippen LogP contribution in [0.2, 0.25) is 0 Å². The van der Waals surface area contributed by atoms with E-state index in [9.17, 15) is 9.18 Å². The molecule has 2 rings (SSSR count). The number of piperidine rings is 1. The molecule has 0 unspecified atom stereocenters. The van der Waals surface area contributed by atoms with Gasteiger partial charge in [-0.05, 0) is 33.9 Å². The first-order valence-corrected chi connectivity index (χ1v) is 7.45. The minimum absolute atomic E-state index is 0.175. The van der Waals surface area contributed by atoms with Crippen LogP contribution in [0.3, 0.4) is 0 Å². The van der Waals surface area contributed by atoms with E-state index in [0.29, 0.717) is 6.61 Å². The molecule has 2 fully saturated rings. The summed E-state index contributed by atoms with van der Waals surface area (Å²) in [5.41, 5.74) is 0. The van der Waals surface area contributed by atoms with Gasteiger partial charge < -0.3 is 19.4 Å². The minimum Gasteiger partial charge on any atom is -0.450 e. The lowest BCUT2D eigenvalue weighted by Gasteiger charge is -2.31. The Morgan fingerprint density at radius 3 is 2.00 bits per heavy atom. The van der Waals surface area contributed by atoms with Gasteiger partial charge in [0.15, 0.2) is 0 Å². The van der Waals surface area contributed by atoms with Crippen molar-refractivity contribution in [3.05, 3.63) is 0 Å². The van der Waals surface area contributed by atoms with Crippen LogP contribution in [0, 0.1) is 0 Å². The fraction of sp³-hybridized carbons (Fsp3) is 0.929. The molecule has 118 valence electrons. The molecule has 2 saturated heterocycles. The lowest BCUT2D eigenvalue weighted by atomic mass is 10.1. The van der Waals surface area contributed by atoms with Gasteiger partial charge in [-0.1, -0.05) is 0 Å². The Morgan fingerprint density at radius 2 is 1.55 bits per heavy atom. The first-order valence-electron chi connectivity index (χ1n) is 7.45. The Balaban J connectivity index is 0.000000217. The van der Waals surface area contributed by atoms with E-state index in [0.717, 1.165) is 52.1 Å². The van der Waals surface area contributed by atoms with Crippen LogP contribution in [0.25, 0.3) is 0 Å². The number of nitrogens with zero attached hydrogens (tertiary/aromatic N) is 3. The molecule has 2 aliphatic heterocycles. The Labute approximate surface area is 121 Å². The zero-order chi connectivity index (χ0) is 15.0. The molecule has 0 radical (unpaired) electrons. The summed E-state index contributed by atoms with van der Waals surface area (Å²) in [7, 11) is 4.09. The highest BCUT2D eigenvalue weighted by atomic mass is 19.1. The van der Waals surface area contributed by atoms with Crippen LogP contribution >= 0.6 is 0 Å². The van der Waals surface area contributed by atoms with E-state index in [4.69, 9.17) is 4.74 Å². The van der Waals surface area contributed by atoms with E-state index in [-0.39, 0.29) is 6.09 Å². The monoisotopic (exact) mass is 289 g/mol. The summed E-state index contributed by atoms with van der Waals surface area (Å²) in [6.07, 6.45) is 0.768. The summed E-state index contributed by atoms with van der Waals surface area (Å²) in [6, 6.07) is 0. The van der Waals surface area contributed by atoms with E-state index >= 15 is 0 Å². The van der Waals surface area contributed by atoms with Crippen molar-refractivity contribution in [1.82, 2.24) is 14.7 Å². The molecular formula is C14H28FN3O2. The third-order valence-corrected chi connectivity index (χ3v) is 3.68. The standard InChI is InChI=1S/C8H16N2O2.C6H12FN/c1-3-12-8(11)10-6-4-9(2)5-7-10;1-8-4-2-6(7)3-5-8/h3-7H2,1-2H3;6H,2-5H2,1H3. The van der Waals surface area contributed by atoms with Crippen molar-refractivity contribution in [3.63, 3.8) is 0 Å². The molecule has 0 aromatic heterocycles. The van der Waals surface area contributed by atoms with Gasteiger partial charge in [-0.2, -0.15) is 0 Å². The summed E-state index contributed by atoms with van der Waals surface area (Å²) in [6.45, 7) is 7.61. The number of rotatable bonds is 1. The van der Waals surface area contributed by atoms with Crippen LogP contribution in [0.1, 0.15) is 19.8 Å². The zero-order valence-electron chi connectivity index (χ0n) is 13.0. The van der Waals surface area contributed by atoms with Crippen LogP contribution < -0.4 is 0 Å². The number of ether oxygens (including phenoxy) is 1. The second kappa shape index (κ2) is 9.13. The molecule has 0 spiro atoms. The number of hydrogen-bond acceptors (Lipinski definition) is 4. The first-order chi connectivity index (χ1) is 9.52. The molecule has 0 N–H and O–H groups in total. The maximum atomic E-state index is 12.3. The summed E-state index contributed by atoms with van der Waals surface area (Å²) < 4.78 is 17.2. The Morgan fingerprint density at radius 1 is 1.05 bits per heavy atom. The summed E-state index contributed by atoms with van der Waals surface area (Å²) in [5.74, 6) is 0. The Bertz CT molecular complexity index is 266. The van der Waals surface area contributed by atoms with Crippen molar-refractivity contribution in [2.45, 2.75) is 25.9 Å². The first kappa shape index (κ1) is 17.2. The summed E-state index contributed by atoms with van der Waals surface area (Å²) >= 11 is 0. The van der Waals surface area contributed by atoms with E-state index in [1.807, 2.05) is 14.0 Å². The van der Waals surface area contributed by atoms with Gasteiger partial charge in [0, 0.05) is 39.3 Å². The summed E-state index contributed by atoms with van der Waals surface area (Å²) in [4.78, 5) is 17.3. The lowest BCUT2D eigenvalue weighted by molar-refractivity contribution is 0.0856. The van der Waals surface area contributed by atoms with E-state index in [2.05, 4.69) is 16.8 Å². The second-order valence-corrected chi connectivity index (χ2v) is 5.47. The number of halogens is 1. The molecule has 5 nitrogen and oxygen atoms in total. The van der Waals surface area contributed by atoms with E-state index in [1.54, 1.807) is 4.90 Å². The molecule has 2 heterocycles. The fourth-order valence-corrected chi connectivity index (χ4v) is 2.18. The Kier molecular flexibility index (Phi) is 7.84. The van der Waals surface area contributed by atoms with Crippen molar-refractivity contribution >= 4 is 6.09 Å². The van der Waals surface area contributed by atoms with Gasteiger partial charge in [-0.25, -0.2) is 9.18 Å². The van der Waals surface area contributed by atoms with Gasteiger partial charge >= 0.3 is 6.09 Å². The molecule has 20 heavy (non-hydrogen) atoms. The second-order valence-electron chi connectivity index (χ2n) is 5.47. The molecule has 2 aliphatic rings. The number of carbonyl (C=O) groups excluding carboxylic acids is 1. The van der Waals surface area contributed by atoms with Gasteiger partial charge in [-0.15, -0.1) is 0 Å². The molecule has 0 aromatic carbocycles. The van der Waals surface area contributed by atoms with Gasteiger partial charge in [0.05, 0.1) is 6.61 Å². The van der Waals surface area contributed by atoms with Crippen molar-refractivity contribution in [2.24, 2.45) is 0 Å². The fourth-order valence-electron chi connectivity index (χ4n) is 2.18. The van der Waals surface area contributed by atoms with Crippen LogP contribution in [0.4, 0.5) is 9.18 Å². The van der Waals surface area contributed by atoms with Crippen molar-refractivity contribution in [2.75, 3.05) is 60.0 Å². The largest absolute Gasteiger partial charge is 0.450 e. The smallest absolute Gasteiger partial charge is 0.409 e. The third-order valence-electron chi connectivity index (χ3n) is 3.68. The molecule has 0 atom stereocenters. The van der Waals surface area contributed by atoms with E-state index in [1.165, 1.54) is 0 Å². The van der Waals surface area contributed by atoms with Crippen molar-refractivity contribution in [3.8, 4) is 0 Å². The zero-order valence-corrected chi connectivity index (χ0v) is 13.0. The highest BCUT2D eigenvalue weighted by Gasteiger charge is 2.19. The SMILES string of the molecule is CCOC(=O)N1CCN(C)CC1.CN1CCC(F)CC1. The minimum atomic E-state index is -0.522. The number of amides is 1. The van der Waals surface area contributed by atoms with Crippen LogP contribution in [-0.4, -0.2) is 86.9 Å². The topological polar surface area (TPSA) is 36.0 Å². The van der Waals surface area contributed by atoms with Gasteiger partial charge in [0.1, 0.15) is 6.17 Å². The van der Waals surface area contributed by atoms with Crippen molar-refractivity contribution < 1.29 is 13.9 Å². The molecule has 0 saturated carbocycles. The third kappa shape index (κ3) is 6.52. The number of piperazine rings is 1. The van der Waals surface area contributed by atoms with Crippen LogP contribution in [0.5, 0.6) is 0 Å². The van der Waals surface area contributed by atoms with Gasteiger partial charge in [0.2, 0.25) is 0 Å². The quantitative estimate of drug-likeness (QED) is 0.732.